The summed E-state index contributed by atoms with van der Waals surface area (Å²) in [5.74, 6) is -1.68. The number of hydrogen-bond donors (Lipinski definition) is 2. The Hall–Kier alpha value is -2.95. The smallest absolute Gasteiger partial charge is 0.326 e. The van der Waals surface area contributed by atoms with Crippen LogP contribution in [0.3, 0.4) is 0 Å². The first kappa shape index (κ1) is 17.4. The van der Waals surface area contributed by atoms with Crippen molar-refractivity contribution in [2.75, 3.05) is 0 Å². The molecule has 24 heavy (non-hydrogen) atoms. The molecule has 5 nitrogen and oxygen atoms in total. The van der Waals surface area contributed by atoms with Gasteiger partial charge in [-0.3, -0.25) is 9.59 Å². The third kappa shape index (κ3) is 5.35. The maximum atomic E-state index is 12.0. The minimum Gasteiger partial charge on any atom is -0.480 e. The summed E-state index contributed by atoms with van der Waals surface area (Å²) in [6, 6.07) is 16.8. The van der Waals surface area contributed by atoms with Gasteiger partial charge in [0, 0.05) is 24.8 Å². The summed E-state index contributed by atoms with van der Waals surface area (Å²) in [6.45, 7) is 0. The zero-order chi connectivity index (χ0) is 17.4. The predicted octanol–water partition coefficient (Wildman–Crippen LogP) is 2.46. The van der Waals surface area contributed by atoms with E-state index in [0.717, 1.165) is 5.56 Å². The Bertz CT molecular complexity index is 698. The Balaban J connectivity index is 1.87. The van der Waals surface area contributed by atoms with E-state index in [2.05, 4.69) is 5.32 Å². The summed E-state index contributed by atoms with van der Waals surface area (Å²) in [4.78, 5) is 35.2. The number of rotatable bonds is 8. The fourth-order valence-corrected chi connectivity index (χ4v) is 2.31. The Morgan fingerprint density at radius 2 is 1.46 bits per heavy atom. The summed E-state index contributed by atoms with van der Waals surface area (Å²) >= 11 is 0. The molecule has 5 heteroatoms. The number of carboxylic acids is 1. The molecule has 0 bridgehead atoms. The Labute approximate surface area is 140 Å². The second-order valence-corrected chi connectivity index (χ2v) is 5.44. The van der Waals surface area contributed by atoms with Crippen molar-refractivity contribution in [1.29, 1.82) is 0 Å². The van der Waals surface area contributed by atoms with Crippen molar-refractivity contribution in [2.45, 2.75) is 25.3 Å². The molecule has 0 aromatic heterocycles. The number of carbonyl (C=O) groups is 3. The molecule has 0 spiro atoms. The average Bonchev–Trinajstić information content (AvgIpc) is 2.60. The summed E-state index contributed by atoms with van der Waals surface area (Å²) < 4.78 is 0. The van der Waals surface area contributed by atoms with Crippen LogP contribution in [-0.2, 0) is 16.0 Å². The summed E-state index contributed by atoms with van der Waals surface area (Å²) in [6.07, 6.45) is 0.217. The molecule has 2 aromatic rings. The first-order chi connectivity index (χ1) is 11.6. The first-order valence-corrected chi connectivity index (χ1v) is 7.70. The molecule has 0 radical (unpaired) electrons. The van der Waals surface area contributed by atoms with Gasteiger partial charge in [-0.25, -0.2) is 4.79 Å². The fourth-order valence-electron chi connectivity index (χ4n) is 2.31. The van der Waals surface area contributed by atoms with E-state index < -0.39 is 17.9 Å². The summed E-state index contributed by atoms with van der Waals surface area (Å²) in [5, 5.41) is 11.7. The van der Waals surface area contributed by atoms with Gasteiger partial charge in [0.25, 0.3) is 0 Å². The molecule has 0 saturated heterocycles. The van der Waals surface area contributed by atoms with Gasteiger partial charge in [-0.2, -0.15) is 0 Å². The SMILES string of the molecule is O=C(CCC(=O)c1ccccc1)N[C@@H](Cc1ccccc1)C(=O)O. The van der Waals surface area contributed by atoms with Crippen molar-refractivity contribution in [1.82, 2.24) is 5.32 Å². The molecule has 0 aliphatic heterocycles. The lowest BCUT2D eigenvalue weighted by molar-refractivity contribution is -0.141. The lowest BCUT2D eigenvalue weighted by Gasteiger charge is -2.14. The standard InChI is InChI=1S/C19H19NO4/c21-17(15-9-5-2-6-10-15)11-12-18(22)20-16(19(23)24)13-14-7-3-1-4-8-14/h1-10,16H,11-13H2,(H,20,22)(H,23,24)/t16-/m0/s1. The molecule has 0 saturated carbocycles. The monoisotopic (exact) mass is 325 g/mol. The average molecular weight is 325 g/mol. The topological polar surface area (TPSA) is 83.5 Å². The van der Waals surface area contributed by atoms with Crippen LogP contribution >= 0.6 is 0 Å². The molecule has 0 aliphatic rings. The van der Waals surface area contributed by atoms with Crippen LogP contribution in [0.2, 0.25) is 0 Å². The third-order valence-electron chi connectivity index (χ3n) is 3.59. The molecular weight excluding hydrogens is 306 g/mol. The highest BCUT2D eigenvalue weighted by atomic mass is 16.4. The Morgan fingerprint density at radius 1 is 0.875 bits per heavy atom. The van der Waals surface area contributed by atoms with E-state index in [4.69, 9.17) is 0 Å². The number of ketones is 1. The maximum absolute atomic E-state index is 12.0. The van der Waals surface area contributed by atoms with E-state index in [1.807, 2.05) is 24.3 Å². The number of aliphatic carboxylic acids is 1. The first-order valence-electron chi connectivity index (χ1n) is 7.70. The van der Waals surface area contributed by atoms with Gasteiger partial charge < -0.3 is 10.4 Å². The molecule has 1 amide bonds. The Morgan fingerprint density at radius 3 is 2.04 bits per heavy atom. The van der Waals surface area contributed by atoms with Crippen LogP contribution in [0.4, 0.5) is 0 Å². The van der Waals surface area contributed by atoms with E-state index in [1.54, 1.807) is 36.4 Å². The second kappa shape index (κ2) is 8.62. The molecule has 0 unspecified atom stereocenters. The van der Waals surface area contributed by atoms with E-state index in [1.165, 1.54) is 0 Å². The van der Waals surface area contributed by atoms with Crippen molar-refractivity contribution < 1.29 is 19.5 Å². The number of hydrogen-bond acceptors (Lipinski definition) is 3. The molecule has 0 fully saturated rings. The van der Waals surface area contributed by atoms with Gasteiger partial charge in [-0.05, 0) is 5.56 Å². The molecule has 0 heterocycles. The number of carbonyl (C=O) groups excluding carboxylic acids is 2. The molecule has 2 rings (SSSR count). The number of benzene rings is 2. The lowest BCUT2D eigenvalue weighted by Crippen LogP contribution is -2.42. The van der Waals surface area contributed by atoms with Gasteiger partial charge in [0.15, 0.2) is 5.78 Å². The highest BCUT2D eigenvalue weighted by molar-refractivity contribution is 5.98. The van der Waals surface area contributed by atoms with E-state index in [9.17, 15) is 19.5 Å². The number of nitrogens with one attached hydrogen (secondary N) is 1. The van der Waals surface area contributed by atoms with Crippen molar-refractivity contribution in [3.8, 4) is 0 Å². The highest BCUT2D eigenvalue weighted by Gasteiger charge is 2.20. The quantitative estimate of drug-likeness (QED) is 0.730. The second-order valence-electron chi connectivity index (χ2n) is 5.44. The van der Waals surface area contributed by atoms with Gasteiger partial charge in [0.1, 0.15) is 6.04 Å². The van der Waals surface area contributed by atoms with Crippen molar-refractivity contribution in [2.24, 2.45) is 0 Å². The molecule has 2 N–H and O–H groups in total. The van der Waals surface area contributed by atoms with Crippen LogP contribution in [-0.4, -0.2) is 28.8 Å². The van der Waals surface area contributed by atoms with Crippen LogP contribution < -0.4 is 5.32 Å². The zero-order valence-electron chi connectivity index (χ0n) is 13.1. The molecule has 124 valence electrons. The zero-order valence-corrected chi connectivity index (χ0v) is 13.1. The lowest BCUT2D eigenvalue weighted by atomic mass is 10.0. The molecule has 1 atom stereocenters. The molecular formula is C19H19NO4. The van der Waals surface area contributed by atoms with Crippen LogP contribution in [0, 0.1) is 0 Å². The number of amides is 1. The molecule has 2 aromatic carbocycles. The van der Waals surface area contributed by atoms with Gasteiger partial charge in [-0.15, -0.1) is 0 Å². The van der Waals surface area contributed by atoms with Crippen LogP contribution in [0.15, 0.2) is 60.7 Å². The van der Waals surface area contributed by atoms with Crippen LogP contribution in [0.25, 0.3) is 0 Å². The van der Waals surface area contributed by atoms with Gasteiger partial charge >= 0.3 is 5.97 Å². The van der Waals surface area contributed by atoms with Gasteiger partial charge in [0.2, 0.25) is 5.91 Å². The van der Waals surface area contributed by atoms with E-state index in [0.29, 0.717) is 5.56 Å². The number of Topliss-reactive ketones (excluding diaryl/α,β-unsaturated/α-hetero) is 1. The normalized spacial score (nSPS) is 11.5. The summed E-state index contributed by atoms with van der Waals surface area (Å²) in [7, 11) is 0. The van der Waals surface area contributed by atoms with Crippen molar-refractivity contribution in [3.63, 3.8) is 0 Å². The maximum Gasteiger partial charge on any atom is 0.326 e. The largest absolute Gasteiger partial charge is 0.480 e. The van der Waals surface area contributed by atoms with E-state index >= 15 is 0 Å². The van der Waals surface area contributed by atoms with E-state index in [-0.39, 0.29) is 25.0 Å². The van der Waals surface area contributed by atoms with Crippen LogP contribution in [0.5, 0.6) is 0 Å². The number of carboxylic acid groups (broad SMARTS) is 1. The fraction of sp³-hybridized carbons (Fsp3) is 0.211. The molecule has 0 aliphatic carbocycles. The predicted molar refractivity (Wildman–Crippen MR) is 89.7 cm³/mol. The third-order valence-corrected chi connectivity index (χ3v) is 3.59. The van der Waals surface area contributed by atoms with Gasteiger partial charge in [-0.1, -0.05) is 60.7 Å². The van der Waals surface area contributed by atoms with Crippen LogP contribution in [0.1, 0.15) is 28.8 Å². The Kier molecular flexibility index (Phi) is 6.25. The minimum atomic E-state index is -1.10. The highest BCUT2D eigenvalue weighted by Crippen LogP contribution is 2.07. The summed E-state index contributed by atoms with van der Waals surface area (Å²) in [5.41, 5.74) is 1.37. The van der Waals surface area contributed by atoms with Gasteiger partial charge in [0.05, 0.1) is 0 Å². The van der Waals surface area contributed by atoms with Crippen molar-refractivity contribution >= 4 is 17.7 Å². The minimum absolute atomic E-state index is 0.0354. The van der Waals surface area contributed by atoms with Crippen molar-refractivity contribution in [3.05, 3.63) is 71.8 Å².